The van der Waals surface area contributed by atoms with Crippen LogP contribution in [0.4, 0.5) is 8.78 Å². The van der Waals surface area contributed by atoms with Gasteiger partial charge in [0.15, 0.2) is 0 Å². The smallest absolute Gasteiger partial charge is 0.253 e. The summed E-state index contributed by atoms with van der Waals surface area (Å²) >= 11 is 0. The molecule has 2 aliphatic rings. The van der Waals surface area contributed by atoms with E-state index in [4.69, 9.17) is 9.84 Å². The molecule has 2 aromatic rings. The number of nitrogens with one attached hydrogen (secondary N) is 1. The molecule has 1 fully saturated rings. The van der Waals surface area contributed by atoms with E-state index in [9.17, 15) is 18.4 Å². The van der Waals surface area contributed by atoms with Gasteiger partial charge >= 0.3 is 0 Å². The predicted molar refractivity (Wildman–Crippen MR) is 118 cm³/mol. The van der Waals surface area contributed by atoms with Crippen LogP contribution in [0.3, 0.4) is 0 Å². The molecule has 4 rings (SSSR count). The largest absolute Gasteiger partial charge is 0.395 e. The summed E-state index contributed by atoms with van der Waals surface area (Å²) in [5.41, 5.74) is 1.48. The lowest BCUT2D eigenvalue weighted by atomic mass is 10.0. The van der Waals surface area contributed by atoms with E-state index < -0.39 is 29.7 Å². The maximum Gasteiger partial charge on any atom is 0.253 e. The lowest BCUT2D eigenvalue weighted by molar-refractivity contribution is -0.148. The Kier molecular flexibility index (Phi) is 7.15. The first kappa shape index (κ1) is 23.1. The van der Waals surface area contributed by atoms with Crippen LogP contribution in [0.15, 0.2) is 54.6 Å². The highest BCUT2D eigenvalue weighted by Crippen LogP contribution is 2.40. The van der Waals surface area contributed by atoms with Gasteiger partial charge < -0.3 is 20.1 Å². The van der Waals surface area contributed by atoms with E-state index in [1.165, 1.54) is 0 Å². The van der Waals surface area contributed by atoms with E-state index in [2.05, 4.69) is 5.32 Å². The Bertz CT molecular complexity index is 1040. The van der Waals surface area contributed by atoms with Crippen LogP contribution in [-0.4, -0.2) is 54.2 Å². The molecule has 8 heteroatoms. The fraction of sp³-hybridized carbons (Fsp3) is 0.360. The molecule has 0 bridgehead atoms. The molecule has 0 radical (unpaired) electrons. The summed E-state index contributed by atoms with van der Waals surface area (Å²) in [5.74, 6) is -1.80. The van der Waals surface area contributed by atoms with E-state index in [-0.39, 0.29) is 43.7 Å². The number of hydrogen-bond acceptors (Lipinski definition) is 4. The SMILES string of the molecule is O=C(COC(C(=O)N1CC(c2cc(F)ccc2F)=C[C@H]1c1ccccc1)C1CC1)NCCO. The Morgan fingerprint density at radius 3 is 2.61 bits per heavy atom. The molecule has 1 heterocycles. The summed E-state index contributed by atoms with van der Waals surface area (Å²) in [7, 11) is 0. The highest BCUT2D eigenvalue weighted by Gasteiger charge is 2.43. The van der Waals surface area contributed by atoms with Crippen molar-refractivity contribution in [3.8, 4) is 0 Å². The number of rotatable bonds is 9. The number of benzene rings is 2. The number of ether oxygens (including phenoxy) is 1. The second-order valence-corrected chi connectivity index (χ2v) is 8.28. The van der Waals surface area contributed by atoms with E-state index in [0.29, 0.717) is 5.57 Å². The van der Waals surface area contributed by atoms with Crippen molar-refractivity contribution in [1.82, 2.24) is 10.2 Å². The summed E-state index contributed by atoms with van der Waals surface area (Å²) in [4.78, 5) is 27.1. The number of aliphatic hydroxyl groups excluding tert-OH is 1. The Labute approximate surface area is 190 Å². The molecule has 1 saturated carbocycles. The molecule has 174 valence electrons. The summed E-state index contributed by atoms with van der Waals surface area (Å²) in [6, 6.07) is 12.1. The van der Waals surface area contributed by atoms with Gasteiger partial charge in [0.25, 0.3) is 5.91 Å². The molecule has 2 atom stereocenters. The van der Waals surface area contributed by atoms with Crippen molar-refractivity contribution >= 4 is 17.4 Å². The standard InChI is InChI=1S/C25H26F2N2O4/c26-19-8-9-21(27)20(13-19)18-12-22(16-4-2-1-3-5-16)29(14-18)25(32)24(17-6-7-17)33-15-23(31)28-10-11-30/h1-5,8-9,12-13,17,22,24,30H,6-7,10-11,14-15H2,(H,28,31)/t22-,24?/m0/s1. The van der Waals surface area contributed by atoms with Gasteiger partial charge in [0.1, 0.15) is 24.3 Å². The third-order valence-corrected chi connectivity index (χ3v) is 5.86. The minimum absolute atomic E-state index is 0.00882. The number of aliphatic hydroxyl groups is 1. The van der Waals surface area contributed by atoms with Crippen LogP contribution >= 0.6 is 0 Å². The molecule has 2 amide bonds. The van der Waals surface area contributed by atoms with Crippen molar-refractivity contribution < 1.29 is 28.2 Å². The number of nitrogens with zero attached hydrogens (tertiary/aromatic N) is 1. The Balaban J connectivity index is 1.58. The van der Waals surface area contributed by atoms with Crippen LogP contribution in [0.2, 0.25) is 0 Å². The van der Waals surface area contributed by atoms with Gasteiger partial charge in [-0.3, -0.25) is 9.59 Å². The maximum atomic E-state index is 14.5. The van der Waals surface area contributed by atoms with Crippen molar-refractivity contribution in [2.75, 3.05) is 26.3 Å². The van der Waals surface area contributed by atoms with Crippen LogP contribution < -0.4 is 5.32 Å². The lowest BCUT2D eigenvalue weighted by Gasteiger charge is -2.29. The van der Waals surface area contributed by atoms with Gasteiger partial charge in [0.2, 0.25) is 5.91 Å². The predicted octanol–water partition coefficient (Wildman–Crippen LogP) is 2.84. The molecule has 2 aromatic carbocycles. The molecular weight excluding hydrogens is 430 g/mol. The lowest BCUT2D eigenvalue weighted by Crippen LogP contribution is -2.43. The molecule has 1 unspecified atom stereocenters. The quantitative estimate of drug-likeness (QED) is 0.608. The van der Waals surface area contributed by atoms with E-state index >= 15 is 0 Å². The molecular formula is C25H26F2N2O4. The van der Waals surface area contributed by atoms with Crippen LogP contribution in [-0.2, 0) is 14.3 Å². The highest BCUT2D eigenvalue weighted by atomic mass is 19.1. The molecule has 0 saturated heterocycles. The van der Waals surface area contributed by atoms with E-state index in [0.717, 1.165) is 36.6 Å². The third kappa shape index (κ3) is 5.46. The zero-order chi connectivity index (χ0) is 23.4. The van der Waals surface area contributed by atoms with Gasteiger partial charge in [-0.15, -0.1) is 0 Å². The minimum atomic E-state index is -0.804. The molecule has 0 aromatic heterocycles. The van der Waals surface area contributed by atoms with E-state index in [1.807, 2.05) is 30.3 Å². The summed E-state index contributed by atoms with van der Waals surface area (Å²) < 4.78 is 34.0. The highest BCUT2D eigenvalue weighted by molar-refractivity contribution is 5.87. The molecule has 1 aliphatic heterocycles. The Morgan fingerprint density at radius 1 is 1.15 bits per heavy atom. The average molecular weight is 456 g/mol. The van der Waals surface area contributed by atoms with Gasteiger partial charge in [-0.1, -0.05) is 36.4 Å². The van der Waals surface area contributed by atoms with Crippen molar-refractivity contribution in [2.45, 2.75) is 25.0 Å². The number of halogens is 2. The molecule has 33 heavy (non-hydrogen) atoms. The van der Waals surface area contributed by atoms with Gasteiger partial charge in [-0.25, -0.2) is 8.78 Å². The van der Waals surface area contributed by atoms with Crippen LogP contribution in [0.1, 0.15) is 30.0 Å². The monoisotopic (exact) mass is 456 g/mol. The summed E-state index contributed by atoms with van der Waals surface area (Å²) in [5, 5.41) is 11.3. The fourth-order valence-corrected chi connectivity index (χ4v) is 4.06. The first-order valence-corrected chi connectivity index (χ1v) is 11.0. The zero-order valence-corrected chi connectivity index (χ0v) is 18.0. The second-order valence-electron chi connectivity index (χ2n) is 8.28. The van der Waals surface area contributed by atoms with Crippen LogP contribution in [0, 0.1) is 17.6 Å². The first-order valence-electron chi connectivity index (χ1n) is 11.0. The van der Waals surface area contributed by atoms with Crippen molar-refractivity contribution in [2.24, 2.45) is 5.92 Å². The van der Waals surface area contributed by atoms with Crippen LogP contribution in [0.5, 0.6) is 0 Å². The first-order chi connectivity index (χ1) is 16.0. The Hall–Kier alpha value is -3.10. The van der Waals surface area contributed by atoms with Gasteiger partial charge in [0, 0.05) is 18.7 Å². The van der Waals surface area contributed by atoms with Gasteiger partial charge in [-0.2, -0.15) is 0 Å². The zero-order valence-electron chi connectivity index (χ0n) is 18.0. The normalized spacial score (nSPS) is 18.7. The molecule has 6 nitrogen and oxygen atoms in total. The van der Waals surface area contributed by atoms with Gasteiger partial charge in [-0.05, 0) is 48.1 Å². The molecule has 0 spiro atoms. The molecule has 2 N–H and O–H groups in total. The number of hydrogen-bond donors (Lipinski definition) is 2. The Morgan fingerprint density at radius 2 is 1.91 bits per heavy atom. The third-order valence-electron chi connectivity index (χ3n) is 5.86. The van der Waals surface area contributed by atoms with Crippen molar-refractivity contribution in [3.05, 3.63) is 77.4 Å². The number of carbonyl (C=O) groups excluding carboxylic acids is 2. The summed E-state index contributed by atoms with van der Waals surface area (Å²) in [6.07, 6.45) is 2.61. The number of carbonyl (C=O) groups is 2. The average Bonchev–Trinajstić information content (AvgIpc) is 3.56. The maximum absolute atomic E-state index is 14.5. The number of amides is 2. The summed E-state index contributed by atoms with van der Waals surface area (Å²) in [6.45, 7) is -0.273. The van der Waals surface area contributed by atoms with Crippen molar-refractivity contribution in [3.63, 3.8) is 0 Å². The van der Waals surface area contributed by atoms with E-state index in [1.54, 1.807) is 11.0 Å². The minimum Gasteiger partial charge on any atom is -0.395 e. The molecule has 1 aliphatic carbocycles. The van der Waals surface area contributed by atoms with Gasteiger partial charge in [0.05, 0.1) is 12.6 Å². The topological polar surface area (TPSA) is 78.9 Å². The second kappa shape index (κ2) is 10.2. The van der Waals surface area contributed by atoms with Crippen molar-refractivity contribution in [1.29, 1.82) is 0 Å². The van der Waals surface area contributed by atoms with Crippen LogP contribution in [0.25, 0.3) is 5.57 Å². The fourth-order valence-electron chi connectivity index (χ4n) is 4.06.